The molecule has 0 spiro atoms. The van der Waals surface area contributed by atoms with E-state index in [1.54, 1.807) is 62.1 Å². The molecule has 0 saturated heterocycles. The predicted octanol–water partition coefficient (Wildman–Crippen LogP) is 3.38. The number of ether oxygens (including phenoxy) is 2. The third-order valence-electron chi connectivity index (χ3n) is 4.55. The minimum Gasteiger partial charge on any atom is -0.497 e. The molecule has 2 aromatic heterocycles. The first-order chi connectivity index (χ1) is 16.1. The van der Waals surface area contributed by atoms with Crippen molar-refractivity contribution in [1.29, 1.82) is 0 Å². The van der Waals surface area contributed by atoms with E-state index in [2.05, 4.69) is 30.8 Å². The van der Waals surface area contributed by atoms with Crippen LogP contribution in [0.2, 0.25) is 0 Å². The van der Waals surface area contributed by atoms with Gasteiger partial charge in [0.2, 0.25) is 11.9 Å². The predicted molar refractivity (Wildman–Crippen MR) is 124 cm³/mol. The van der Waals surface area contributed by atoms with Crippen LogP contribution in [0, 0.1) is 0 Å². The van der Waals surface area contributed by atoms with Crippen molar-refractivity contribution in [3.05, 3.63) is 65.2 Å². The van der Waals surface area contributed by atoms with Gasteiger partial charge in [-0.1, -0.05) is 18.2 Å². The molecule has 168 valence electrons. The molecule has 11 heteroatoms. The maximum atomic E-state index is 12.4. The number of hydrogen-bond donors (Lipinski definition) is 3. The second kappa shape index (κ2) is 9.92. The molecule has 0 aliphatic heterocycles. The average molecular weight is 465 g/mol. The van der Waals surface area contributed by atoms with Gasteiger partial charge < -0.3 is 9.47 Å². The van der Waals surface area contributed by atoms with Crippen molar-refractivity contribution < 1.29 is 19.1 Å². The monoisotopic (exact) mass is 464 g/mol. The lowest BCUT2D eigenvalue weighted by atomic mass is 10.2. The summed E-state index contributed by atoms with van der Waals surface area (Å²) in [5.41, 5.74) is 1.72. The molecule has 0 aliphatic carbocycles. The fraction of sp³-hybridized carbons (Fsp3) is 0.136. The largest absolute Gasteiger partial charge is 0.497 e. The number of rotatable bonds is 8. The topological polar surface area (TPSA) is 131 Å². The van der Waals surface area contributed by atoms with Crippen molar-refractivity contribution in [2.24, 2.45) is 0 Å². The fourth-order valence-electron chi connectivity index (χ4n) is 2.97. The average Bonchev–Trinajstić information content (AvgIpc) is 3.48. The van der Waals surface area contributed by atoms with Crippen molar-refractivity contribution in [3.63, 3.8) is 0 Å². The van der Waals surface area contributed by atoms with Gasteiger partial charge in [-0.25, -0.2) is 4.98 Å². The van der Waals surface area contributed by atoms with E-state index in [4.69, 9.17) is 9.47 Å². The summed E-state index contributed by atoms with van der Waals surface area (Å²) in [6.07, 6.45) is 0.00738. The normalized spacial score (nSPS) is 10.5. The number of benzene rings is 2. The van der Waals surface area contributed by atoms with E-state index in [9.17, 15) is 9.59 Å². The van der Waals surface area contributed by atoms with Crippen molar-refractivity contribution in [1.82, 2.24) is 20.2 Å². The number of nitrogens with zero attached hydrogens (tertiary/aromatic N) is 3. The summed E-state index contributed by atoms with van der Waals surface area (Å²) in [5, 5.41) is 14.3. The third kappa shape index (κ3) is 5.33. The maximum Gasteiger partial charge on any atom is 0.257 e. The lowest BCUT2D eigenvalue weighted by molar-refractivity contribution is -0.115. The molecule has 4 rings (SSSR count). The summed E-state index contributed by atoms with van der Waals surface area (Å²) in [5.74, 6) is 1.16. The Bertz CT molecular complexity index is 1270. The Hall–Kier alpha value is -4.25. The van der Waals surface area contributed by atoms with Crippen LogP contribution in [0.3, 0.4) is 0 Å². The zero-order valence-electron chi connectivity index (χ0n) is 17.8. The van der Waals surface area contributed by atoms with Crippen LogP contribution in [0.1, 0.15) is 16.1 Å². The number of carbonyl (C=O) groups excluding carboxylic acids is 2. The molecule has 2 heterocycles. The number of carbonyl (C=O) groups is 2. The molecule has 10 nitrogen and oxygen atoms in total. The zero-order chi connectivity index (χ0) is 23.2. The Labute approximate surface area is 193 Å². The van der Waals surface area contributed by atoms with E-state index in [-0.39, 0.29) is 24.2 Å². The minimum atomic E-state index is -0.339. The Morgan fingerprint density at radius 1 is 1.03 bits per heavy atom. The van der Waals surface area contributed by atoms with Crippen LogP contribution in [-0.4, -0.2) is 46.2 Å². The summed E-state index contributed by atoms with van der Waals surface area (Å²) in [4.78, 5) is 33.3. The fourth-order valence-corrected chi connectivity index (χ4v) is 3.68. The highest BCUT2D eigenvalue weighted by Gasteiger charge is 2.15. The summed E-state index contributed by atoms with van der Waals surface area (Å²) >= 11 is 1.24. The van der Waals surface area contributed by atoms with E-state index < -0.39 is 0 Å². The third-order valence-corrected chi connectivity index (χ3v) is 5.36. The first kappa shape index (κ1) is 22.0. The summed E-state index contributed by atoms with van der Waals surface area (Å²) in [7, 11) is 3.11. The van der Waals surface area contributed by atoms with Gasteiger partial charge in [0.25, 0.3) is 5.91 Å². The number of amides is 2. The quantitative estimate of drug-likeness (QED) is 0.364. The number of nitrogens with one attached hydrogen (secondary N) is 3. The standard InChI is InChI=1S/C22H20N6O4S/c1-31-15-8-9-16(17(11-15)32-2)19-25-21(28-27-19)24-18(29)10-14-12-33-22(23-14)26-20(30)13-6-4-3-5-7-13/h3-9,11-12H,10H2,1-2H3,(H,23,26,30)(H2,24,25,27,28,29). The Balaban J connectivity index is 1.37. The Morgan fingerprint density at radius 2 is 1.85 bits per heavy atom. The SMILES string of the molecule is COc1ccc(-c2nc(NC(=O)Cc3csc(NC(=O)c4ccccc4)n3)n[nH]2)c(OC)c1. The second-order valence-corrected chi connectivity index (χ2v) is 7.62. The highest BCUT2D eigenvalue weighted by atomic mass is 32.1. The van der Waals surface area contributed by atoms with Crippen molar-refractivity contribution >= 4 is 34.2 Å². The molecule has 0 fully saturated rings. The number of aromatic nitrogens is 4. The summed E-state index contributed by atoms with van der Waals surface area (Å²) < 4.78 is 10.6. The smallest absolute Gasteiger partial charge is 0.257 e. The number of H-pyrrole nitrogens is 1. The van der Waals surface area contributed by atoms with Crippen LogP contribution in [0.5, 0.6) is 11.5 Å². The molecular formula is C22H20N6O4S. The van der Waals surface area contributed by atoms with Crippen LogP contribution in [0.4, 0.5) is 11.1 Å². The van der Waals surface area contributed by atoms with E-state index in [0.29, 0.717) is 39.3 Å². The van der Waals surface area contributed by atoms with Gasteiger partial charge in [0.1, 0.15) is 11.5 Å². The van der Waals surface area contributed by atoms with Gasteiger partial charge in [0.15, 0.2) is 11.0 Å². The molecular weight excluding hydrogens is 444 g/mol. The van der Waals surface area contributed by atoms with Crippen LogP contribution < -0.4 is 20.1 Å². The van der Waals surface area contributed by atoms with Gasteiger partial charge in [-0.05, 0) is 24.3 Å². The van der Waals surface area contributed by atoms with E-state index in [1.165, 1.54) is 11.3 Å². The van der Waals surface area contributed by atoms with Crippen LogP contribution in [0.15, 0.2) is 53.9 Å². The summed E-state index contributed by atoms with van der Waals surface area (Å²) in [6.45, 7) is 0. The van der Waals surface area contributed by atoms with Crippen molar-refractivity contribution in [2.75, 3.05) is 24.9 Å². The first-order valence-electron chi connectivity index (χ1n) is 9.81. The first-order valence-corrected chi connectivity index (χ1v) is 10.7. The number of aromatic amines is 1. The molecule has 0 unspecified atom stereocenters. The van der Waals surface area contributed by atoms with E-state index in [1.807, 2.05) is 6.07 Å². The molecule has 2 amide bonds. The van der Waals surface area contributed by atoms with Crippen molar-refractivity contribution in [2.45, 2.75) is 6.42 Å². The molecule has 4 aromatic rings. The van der Waals surface area contributed by atoms with Crippen molar-refractivity contribution in [3.8, 4) is 22.9 Å². The van der Waals surface area contributed by atoms with Gasteiger partial charge >= 0.3 is 0 Å². The Kier molecular flexibility index (Phi) is 6.60. The molecule has 0 bridgehead atoms. The number of hydrogen-bond acceptors (Lipinski definition) is 8. The second-order valence-electron chi connectivity index (χ2n) is 6.76. The maximum absolute atomic E-state index is 12.4. The molecule has 0 aliphatic rings. The minimum absolute atomic E-state index is 0.00738. The lowest BCUT2D eigenvalue weighted by Crippen LogP contribution is -2.16. The van der Waals surface area contributed by atoms with Crippen LogP contribution >= 0.6 is 11.3 Å². The molecule has 0 saturated carbocycles. The van der Waals surface area contributed by atoms with Gasteiger partial charge in [0, 0.05) is 17.0 Å². The van der Waals surface area contributed by atoms with Gasteiger partial charge in [-0.15, -0.1) is 16.4 Å². The molecule has 0 atom stereocenters. The number of thiazole rings is 1. The molecule has 3 N–H and O–H groups in total. The highest BCUT2D eigenvalue weighted by Crippen LogP contribution is 2.31. The number of anilines is 2. The van der Waals surface area contributed by atoms with E-state index in [0.717, 1.165) is 0 Å². The molecule has 0 radical (unpaired) electrons. The lowest BCUT2D eigenvalue weighted by Gasteiger charge is -2.07. The van der Waals surface area contributed by atoms with Gasteiger partial charge in [-0.2, -0.15) is 4.98 Å². The highest BCUT2D eigenvalue weighted by molar-refractivity contribution is 7.14. The Morgan fingerprint density at radius 3 is 2.61 bits per heavy atom. The zero-order valence-corrected chi connectivity index (χ0v) is 18.6. The van der Waals surface area contributed by atoms with E-state index >= 15 is 0 Å². The van der Waals surface area contributed by atoms with Crippen LogP contribution in [-0.2, 0) is 11.2 Å². The van der Waals surface area contributed by atoms with Crippen LogP contribution in [0.25, 0.3) is 11.4 Å². The molecule has 2 aromatic carbocycles. The molecule has 33 heavy (non-hydrogen) atoms. The number of methoxy groups -OCH3 is 2. The van der Waals surface area contributed by atoms with Gasteiger partial charge in [-0.3, -0.25) is 25.3 Å². The summed E-state index contributed by atoms with van der Waals surface area (Å²) in [6, 6.07) is 14.1. The van der Waals surface area contributed by atoms with Gasteiger partial charge in [0.05, 0.1) is 31.9 Å².